The summed E-state index contributed by atoms with van der Waals surface area (Å²) in [6, 6.07) is 5.75. The molecule has 5 nitrogen and oxygen atoms in total. The first-order valence-electron chi connectivity index (χ1n) is 7.15. The van der Waals surface area contributed by atoms with E-state index >= 15 is 0 Å². The lowest BCUT2D eigenvalue weighted by Gasteiger charge is -2.11. The zero-order valence-electron chi connectivity index (χ0n) is 11.6. The number of carbonyl (C=O) groups is 1. The van der Waals surface area contributed by atoms with Crippen LogP contribution in [0.15, 0.2) is 24.4 Å². The van der Waals surface area contributed by atoms with Gasteiger partial charge in [0, 0.05) is 19.3 Å². The van der Waals surface area contributed by atoms with Crippen LogP contribution in [0.4, 0.5) is 0 Å². The van der Waals surface area contributed by atoms with E-state index in [1.807, 2.05) is 35.7 Å². The van der Waals surface area contributed by atoms with Gasteiger partial charge in [0.2, 0.25) is 0 Å². The van der Waals surface area contributed by atoms with Crippen LogP contribution >= 0.6 is 0 Å². The highest BCUT2D eigenvalue weighted by Gasteiger charge is 2.20. The van der Waals surface area contributed by atoms with Gasteiger partial charge in [-0.05, 0) is 31.4 Å². The predicted molar refractivity (Wildman–Crippen MR) is 75.9 cm³/mol. The average Bonchev–Trinajstić information content (AvgIpc) is 3.11. The molecule has 2 aromatic rings. The van der Waals surface area contributed by atoms with Gasteiger partial charge in [0.1, 0.15) is 11.3 Å². The SMILES string of the molecule is CCc1nc2ccccn2c1C(=O)NCC1CCCO1. The molecule has 20 heavy (non-hydrogen) atoms. The number of imidazole rings is 1. The minimum Gasteiger partial charge on any atom is -0.376 e. The number of hydrogen-bond acceptors (Lipinski definition) is 3. The average molecular weight is 273 g/mol. The fraction of sp³-hybridized carbons (Fsp3) is 0.467. The maximum atomic E-state index is 12.4. The summed E-state index contributed by atoms with van der Waals surface area (Å²) >= 11 is 0. The van der Waals surface area contributed by atoms with Crippen LogP contribution in [0.3, 0.4) is 0 Å². The largest absolute Gasteiger partial charge is 0.376 e. The second-order valence-corrected chi connectivity index (χ2v) is 5.03. The molecule has 1 N–H and O–H groups in total. The van der Waals surface area contributed by atoms with E-state index in [9.17, 15) is 4.79 Å². The zero-order valence-corrected chi connectivity index (χ0v) is 11.6. The molecule has 1 fully saturated rings. The Balaban J connectivity index is 1.82. The van der Waals surface area contributed by atoms with Gasteiger partial charge in [-0.15, -0.1) is 0 Å². The Kier molecular flexibility index (Phi) is 3.69. The summed E-state index contributed by atoms with van der Waals surface area (Å²) in [6.45, 7) is 3.39. The first-order chi connectivity index (χ1) is 9.79. The summed E-state index contributed by atoms with van der Waals surface area (Å²) in [6.07, 6.45) is 4.88. The Hall–Kier alpha value is -1.88. The van der Waals surface area contributed by atoms with Gasteiger partial charge in [0.15, 0.2) is 0 Å². The Bertz CT molecular complexity index is 615. The molecule has 0 radical (unpaired) electrons. The molecule has 3 rings (SSSR count). The van der Waals surface area contributed by atoms with Crippen molar-refractivity contribution in [2.24, 2.45) is 0 Å². The fourth-order valence-corrected chi connectivity index (χ4v) is 2.63. The summed E-state index contributed by atoms with van der Waals surface area (Å²) in [4.78, 5) is 16.9. The van der Waals surface area contributed by atoms with Gasteiger partial charge in [-0.1, -0.05) is 13.0 Å². The van der Waals surface area contributed by atoms with Crippen molar-refractivity contribution in [3.8, 4) is 0 Å². The van der Waals surface area contributed by atoms with Crippen molar-refractivity contribution in [1.29, 1.82) is 0 Å². The van der Waals surface area contributed by atoms with Crippen LogP contribution < -0.4 is 5.32 Å². The van der Waals surface area contributed by atoms with E-state index in [0.717, 1.165) is 37.2 Å². The number of nitrogens with zero attached hydrogens (tertiary/aromatic N) is 2. The highest BCUT2D eigenvalue weighted by Crippen LogP contribution is 2.14. The molecule has 1 aliphatic heterocycles. The van der Waals surface area contributed by atoms with Crippen molar-refractivity contribution in [2.75, 3.05) is 13.2 Å². The van der Waals surface area contributed by atoms with Crippen LogP contribution in [-0.2, 0) is 11.2 Å². The highest BCUT2D eigenvalue weighted by atomic mass is 16.5. The number of carbonyl (C=O) groups excluding carboxylic acids is 1. The van der Waals surface area contributed by atoms with Gasteiger partial charge in [0.05, 0.1) is 11.8 Å². The van der Waals surface area contributed by atoms with E-state index in [1.54, 1.807) is 0 Å². The third-order valence-corrected chi connectivity index (χ3v) is 3.67. The van der Waals surface area contributed by atoms with Crippen molar-refractivity contribution in [3.05, 3.63) is 35.8 Å². The summed E-state index contributed by atoms with van der Waals surface area (Å²) in [7, 11) is 0. The number of ether oxygens (including phenoxy) is 1. The van der Waals surface area contributed by atoms with Crippen LogP contribution in [0.5, 0.6) is 0 Å². The number of fused-ring (bicyclic) bond motifs is 1. The first kappa shape index (κ1) is 13.1. The molecule has 0 aliphatic carbocycles. The second kappa shape index (κ2) is 5.63. The Morgan fingerprint density at radius 1 is 1.55 bits per heavy atom. The molecule has 3 heterocycles. The maximum Gasteiger partial charge on any atom is 0.270 e. The Labute approximate surface area is 118 Å². The number of pyridine rings is 1. The molecule has 1 amide bonds. The lowest BCUT2D eigenvalue weighted by Crippen LogP contribution is -2.33. The predicted octanol–water partition coefficient (Wildman–Crippen LogP) is 1.81. The zero-order chi connectivity index (χ0) is 13.9. The van der Waals surface area contributed by atoms with Crippen LogP contribution in [0.1, 0.15) is 35.9 Å². The lowest BCUT2D eigenvalue weighted by molar-refractivity contribution is 0.0852. The molecule has 1 unspecified atom stereocenters. The third-order valence-electron chi connectivity index (χ3n) is 3.67. The molecule has 0 saturated carbocycles. The normalized spacial score (nSPS) is 18.6. The molecule has 5 heteroatoms. The fourth-order valence-electron chi connectivity index (χ4n) is 2.63. The molecule has 106 valence electrons. The van der Waals surface area contributed by atoms with E-state index in [-0.39, 0.29) is 12.0 Å². The van der Waals surface area contributed by atoms with Crippen molar-refractivity contribution >= 4 is 11.6 Å². The Morgan fingerprint density at radius 3 is 3.20 bits per heavy atom. The van der Waals surface area contributed by atoms with Crippen molar-refractivity contribution < 1.29 is 9.53 Å². The number of rotatable bonds is 4. The number of aryl methyl sites for hydroxylation is 1. The van der Waals surface area contributed by atoms with E-state index in [1.165, 1.54) is 0 Å². The lowest BCUT2D eigenvalue weighted by atomic mass is 10.2. The van der Waals surface area contributed by atoms with Crippen LogP contribution in [-0.4, -0.2) is 34.5 Å². The quantitative estimate of drug-likeness (QED) is 0.924. The van der Waals surface area contributed by atoms with Crippen LogP contribution in [0.2, 0.25) is 0 Å². The van der Waals surface area contributed by atoms with E-state index < -0.39 is 0 Å². The molecule has 1 atom stereocenters. The van der Waals surface area contributed by atoms with Gasteiger partial charge in [-0.2, -0.15) is 0 Å². The van der Waals surface area contributed by atoms with Gasteiger partial charge in [-0.25, -0.2) is 4.98 Å². The number of amides is 1. The molecular weight excluding hydrogens is 254 g/mol. The smallest absolute Gasteiger partial charge is 0.270 e. The molecule has 0 aromatic carbocycles. The standard InChI is InChI=1S/C15H19N3O2/c1-2-12-14(18-8-4-3-7-13(18)17-12)15(19)16-10-11-6-5-9-20-11/h3-4,7-8,11H,2,5-6,9-10H2,1H3,(H,16,19). The topological polar surface area (TPSA) is 55.6 Å². The Morgan fingerprint density at radius 2 is 2.45 bits per heavy atom. The monoisotopic (exact) mass is 273 g/mol. The second-order valence-electron chi connectivity index (χ2n) is 5.03. The maximum absolute atomic E-state index is 12.4. The van der Waals surface area contributed by atoms with Gasteiger partial charge >= 0.3 is 0 Å². The van der Waals surface area contributed by atoms with Gasteiger partial charge in [0.25, 0.3) is 5.91 Å². The molecule has 0 bridgehead atoms. The van der Waals surface area contributed by atoms with E-state index in [0.29, 0.717) is 12.2 Å². The number of aromatic nitrogens is 2. The summed E-state index contributed by atoms with van der Waals surface area (Å²) < 4.78 is 7.38. The van der Waals surface area contributed by atoms with Crippen molar-refractivity contribution in [2.45, 2.75) is 32.3 Å². The van der Waals surface area contributed by atoms with Crippen LogP contribution in [0, 0.1) is 0 Å². The van der Waals surface area contributed by atoms with Crippen molar-refractivity contribution in [1.82, 2.24) is 14.7 Å². The first-order valence-corrected chi connectivity index (χ1v) is 7.15. The van der Waals surface area contributed by atoms with Crippen LogP contribution in [0.25, 0.3) is 5.65 Å². The molecular formula is C15H19N3O2. The van der Waals surface area contributed by atoms with Gasteiger partial charge < -0.3 is 10.1 Å². The number of nitrogens with one attached hydrogen (secondary N) is 1. The number of hydrogen-bond donors (Lipinski definition) is 1. The van der Waals surface area contributed by atoms with E-state index in [4.69, 9.17) is 4.74 Å². The molecule has 0 spiro atoms. The van der Waals surface area contributed by atoms with E-state index in [2.05, 4.69) is 10.3 Å². The minimum atomic E-state index is -0.0731. The minimum absolute atomic E-state index is 0.0731. The summed E-state index contributed by atoms with van der Waals surface area (Å²) in [5.41, 5.74) is 2.29. The molecule has 1 saturated heterocycles. The van der Waals surface area contributed by atoms with Crippen molar-refractivity contribution in [3.63, 3.8) is 0 Å². The third kappa shape index (κ3) is 2.41. The highest BCUT2D eigenvalue weighted by molar-refractivity contribution is 5.94. The summed E-state index contributed by atoms with van der Waals surface area (Å²) in [5.74, 6) is -0.0731. The summed E-state index contributed by atoms with van der Waals surface area (Å²) in [5, 5.41) is 2.97. The molecule has 1 aliphatic rings. The molecule has 2 aromatic heterocycles. The van der Waals surface area contributed by atoms with Gasteiger partial charge in [-0.3, -0.25) is 9.20 Å².